The van der Waals surface area contributed by atoms with Crippen molar-refractivity contribution in [2.75, 3.05) is 6.61 Å². The molecule has 0 amide bonds. The van der Waals surface area contributed by atoms with Gasteiger partial charge in [0.15, 0.2) is 6.10 Å². The molecule has 0 aliphatic carbocycles. The minimum Gasteiger partial charge on any atom is -0.463 e. The number of halogens is 3. The minimum absolute atomic E-state index is 0.265. The van der Waals surface area contributed by atoms with Crippen LogP contribution in [0, 0.1) is 0 Å². The highest BCUT2D eigenvalue weighted by atomic mass is 80.0. The van der Waals surface area contributed by atoms with Crippen molar-refractivity contribution in [3.05, 3.63) is 0 Å². The standard InChI is InChI=1S/C10H15Br3O4/c1-3-5-6-7(8(14)16-4-2)17-9(15)10(11,12)13/h7H,3-6H2,1-2H3. The Morgan fingerprint density at radius 1 is 1.24 bits per heavy atom. The van der Waals surface area contributed by atoms with E-state index in [0.29, 0.717) is 6.42 Å². The SMILES string of the molecule is CCCCC(OC(=O)C(Br)(Br)Br)C(=O)OCC. The van der Waals surface area contributed by atoms with Crippen molar-refractivity contribution in [3.63, 3.8) is 0 Å². The van der Waals surface area contributed by atoms with Gasteiger partial charge in [-0.25, -0.2) is 9.59 Å². The van der Waals surface area contributed by atoms with Gasteiger partial charge in [0, 0.05) is 0 Å². The number of rotatable bonds is 6. The zero-order valence-corrected chi connectivity index (χ0v) is 14.4. The normalized spacial score (nSPS) is 13.0. The molecule has 0 aliphatic rings. The first-order chi connectivity index (χ1) is 7.82. The van der Waals surface area contributed by atoms with Crippen LogP contribution in [0.25, 0.3) is 0 Å². The number of alkyl halides is 3. The van der Waals surface area contributed by atoms with E-state index in [1.807, 2.05) is 6.92 Å². The number of carbonyl (C=O) groups excluding carboxylic acids is 2. The molecule has 0 heterocycles. The largest absolute Gasteiger partial charge is 0.463 e. The maximum Gasteiger partial charge on any atom is 0.347 e. The highest BCUT2D eigenvalue weighted by Crippen LogP contribution is 2.35. The van der Waals surface area contributed by atoms with Crippen LogP contribution in [0.3, 0.4) is 0 Å². The quantitative estimate of drug-likeness (QED) is 0.470. The number of unbranched alkanes of at least 4 members (excludes halogenated alkanes) is 1. The van der Waals surface area contributed by atoms with Crippen molar-refractivity contribution >= 4 is 59.7 Å². The Morgan fingerprint density at radius 2 is 1.82 bits per heavy atom. The molecule has 0 aromatic rings. The Hall–Kier alpha value is 0.380. The van der Waals surface area contributed by atoms with Crippen molar-refractivity contribution in [1.82, 2.24) is 0 Å². The lowest BCUT2D eigenvalue weighted by Crippen LogP contribution is -2.33. The molecule has 0 saturated heterocycles. The lowest BCUT2D eigenvalue weighted by atomic mass is 10.1. The van der Waals surface area contributed by atoms with Gasteiger partial charge in [-0.15, -0.1) is 0 Å². The molecule has 17 heavy (non-hydrogen) atoms. The Bertz CT molecular complexity index is 263. The maximum absolute atomic E-state index is 11.6. The summed E-state index contributed by atoms with van der Waals surface area (Å²) in [5, 5.41) is 0. The third kappa shape index (κ3) is 7.41. The highest BCUT2D eigenvalue weighted by Gasteiger charge is 2.35. The minimum atomic E-state index is -1.16. The first kappa shape index (κ1) is 17.4. The molecule has 0 spiro atoms. The van der Waals surface area contributed by atoms with Crippen molar-refractivity contribution in [3.8, 4) is 0 Å². The molecule has 100 valence electrons. The summed E-state index contributed by atoms with van der Waals surface area (Å²) in [4.78, 5) is 23.1. The Labute approximate surface area is 126 Å². The van der Waals surface area contributed by atoms with Gasteiger partial charge in [0.1, 0.15) is 0 Å². The molecular formula is C10H15Br3O4. The van der Waals surface area contributed by atoms with E-state index in [1.165, 1.54) is 0 Å². The Morgan fingerprint density at radius 3 is 2.24 bits per heavy atom. The predicted molar refractivity (Wildman–Crippen MR) is 75.6 cm³/mol. The monoisotopic (exact) mass is 436 g/mol. The maximum atomic E-state index is 11.6. The predicted octanol–water partition coefficient (Wildman–Crippen LogP) is 3.49. The number of hydrogen-bond donors (Lipinski definition) is 0. The molecule has 0 aromatic heterocycles. The fourth-order valence-corrected chi connectivity index (χ4v) is 1.33. The topological polar surface area (TPSA) is 52.6 Å². The Kier molecular flexibility index (Phi) is 8.67. The third-order valence-electron chi connectivity index (χ3n) is 1.85. The van der Waals surface area contributed by atoms with Crippen LogP contribution >= 0.6 is 47.8 Å². The average molecular weight is 439 g/mol. The average Bonchev–Trinajstić information content (AvgIpc) is 2.22. The molecule has 0 bridgehead atoms. The van der Waals surface area contributed by atoms with E-state index in [-0.39, 0.29) is 6.61 Å². The van der Waals surface area contributed by atoms with Crippen LogP contribution in [-0.4, -0.2) is 26.8 Å². The number of carbonyl (C=O) groups is 2. The van der Waals surface area contributed by atoms with Crippen LogP contribution in [0.2, 0.25) is 0 Å². The van der Waals surface area contributed by atoms with Crippen molar-refractivity contribution < 1.29 is 19.1 Å². The van der Waals surface area contributed by atoms with E-state index >= 15 is 0 Å². The van der Waals surface area contributed by atoms with Crippen LogP contribution in [0.4, 0.5) is 0 Å². The van der Waals surface area contributed by atoms with Gasteiger partial charge in [0.2, 0.25) is 2.14 Å². The zero-order valence-electron chi connectivity index (χ0n) is 9.67. The van der Waals surface area contributed by atoms with Gasteiger partial charge in [-0.05, 0) is 67.6 Å². The van der Waals surface area contributed by atoms with E-state index in [1.54, 1.807) is 6.92 Å². The summed E-state index contributed by atoms with van der Waals surface area (Å²) in [6.07, 6.45) is 1.31. The number of ether oxygens (including phenoxy) is 2. The van der Waals surface area contributed by atoms with Gasteiger partial charge in [-0.3, -0.25) is 0 Å². The summed E-state index contributed by atoms with van der Waals surface area (Å²) in [6, 6.07) is 0. The van der Waals surface area contributed by atoms with Crippen LogP contribution < -0.4 is 0 Å². The van der Waals surface area contributed by atoms with Gasteiger partial charge < -0.3 is 9.47 Å². The molecular weight excluding hydrogens is 424 g/mol. The van der Waals surface area contributed by atoms with E-state index in [2.05, 4.69) is 47.8 Å². The molecule has 0 aliphatic heterocycles. The van der Waals surface area contributed by atoms with Gasteiger partial charge in [-0.1, -0.05) is 13.3 Å². The molecule has 0 saturated carbocycles. The highest BCUT2D eigenvalue weighted by molar-refractivity contribution is 9.40. The molecule has 0 fully saturated rings. The van der Waals surface area contributed by atoms with Gasteiger partial charge in [-0.2, -0.15) is 0 Å². The second-order valence-corrected chi connectivity index (χ2v) is 10.0. The molecule has 1 unspecified atom stereocenters. The lowest BCUT2D eigenvalue weighted by Gasteiger charge is -2.19. The summed E-state index contributed by atoms with van der Waals surface area (Å²) in [7, 11) is 0. The smallest absolute Gasteiger partial charge is 0.347 e. The summed E-state index contributed by atoms with van der Waals surface area (Å²) < 4.78 is 8.77. The van der Waals surface area contributed by atoms with E-state index in [9.17, 15) is 9.59 Å². The molecule has 7 heteroatoms. The molecule has 0 N–H and O–H groups in total. The fraction of sp³-hybridized carbons (Fsp3) is 0.800. The van der Waals surface area contributed by atoms with Crippen molar-refractivity contribution in [1.29, 1.82) is 0 Å². The molecule has 1 atom stereocenters. The van der Waals surface area contributed by atoms with Crippen LogP contribution in [-0.2, 0) is 19.1 Å². The van der Waals surface area contributed by atoms with Crippen LogP contribution in [0.1, 0.15) is 33.1 Å². The summed E-state index contributed by atoms with van der Waals surface area (Å²) in [5.41, 5.74) is 0. The van der Waals surface area contributed by atoms with Crippen molar-refractivity contribution in [2.24, 2.45) is 0 Å². The molecule has 0 rings (SSSR count). The third-order valence-corrected chi connectivity index (χ3v) is 2.82. The van der Waals surface area contributed by atoms with E-state index < -0.39 is 20.2 Å². The number of esters is 2. The fourth-order valence-electron chi connectivity index (χ4n) is 1.05. The summed E-state index contributed by atoms with van der Waals surface area (Å²) >= 11 is 9.11. The van der Waals surface area contributed by atoms with Gasteiger partial charge >= 0.3 is 11.9 Å². The Balaban J connectivity index is 4.48. The van der Waals surface area contributed by atoms with Gasteiger partial charge in [0.05, 0.1) is 6.61 Å². The molecule has 4 nitrogen and oxygen atoms in total. The van der Waals surface area contributed by atoms with E-state index in [0.717, 1.165) is 12.8 Å². The first-order valence-corrected chi connectivity index (χ1v) is 7.65. The lowest BCUT2D eigenvalue weighted by molar-refractivity contribution is -0.167. The second kappa shape index (κ2) is 8.48. The summed E-state index contributed by atoms with van der Waals surface area (Å²) in [5.74, 6) is -1.13. The van der Waals surface area contributed by atoms with Gasteiger partial charge in [0.25, 0.3) is 0 Å². The van der Waals surface area contributed by atoms with Crippen molar-refractivity contribution in [2.45, 2.75) is 41.4 Å². The number of hydrogen-bond acceptors (Lipinski definition) is 4. The van der Waals surface area contributed by atoms with Crippen LogP contribution in [0.5, 0.6) is 0 Å². The van der Waals surface area contributed by atoms with E-state index in [4.69, 9.17) is 9.47 Å². The zero-order chi connectivity index (χ0) is 13.5. The van der Waals surface area contributed by atoms with Crippen LogP contribution in [0.15, 0.2) is 0 Å². The summed E-state index contributed by atoms with van der Waals surface area (Å²) in [6.45, 7) is 3.97. The first-order valence-electron chi connectivity index (χ1n) is 5.27. The molecule has 0 radical (unpaired) electrons. The molecule has 0 aromatic carbocycles. The second-order valence-electron chi connectivity index (χ2n) is 3.29.